The molecule has 0 bridgehead atoms. The third-order valence-corrected chi connectivity index (χ3v) is 3.68. The molecule has 0 spiro atoms. The normalized spacial score (nSPS) is 22.3. The molecule has 2 rings (SSSR count). The summed E-state index contributed by atoms with van der Waals surface area (Å²) >= 11 is 5.97. The Balaban J connectivity index is 1.69. The van der Waals surface area contributed by atoms with E-state index in [2.05, 4.69) is 16.1 Å². The number of nitrogens with one attached hydrogen (secondary N) is 1. The second-order valence-electron chi connectivity index (χ2n) is 4.70. The number of halogens is 1. The van der Waals surface area contributed by atoms with E-state index in [0.29, 0.717) is 24.9 Å². The highest BCUT2D eigenvalue weighted by atomic mass is 35.5. The lowest BCUT2D eigenvalue weighted by atomic mass is 9.76. The van der Waals surface area contributed by atoms with Crippen LogP contribution in [0.3, 0.4) is 0 Å². The van der Waals surface area contributed by atoms with Gasteiger partial charge in [0.25, 0.3) is 0 Å². The molecule has 1 aromatic carbocycles. The Bertz CT molecular complexity index is 416. The van der Waals surface area contributed by atoms with Crippen LogP contribution < -0.4 is 5.32 Å². The van der Waals surface area contributed by atoms with E-state index in [4.69, 9.17) is 11.6 Å². The highest BCUT2D eigenvalue weighted by molar-refractivity contribution is 6.30. The zero-order valence-electron chi connectivity index (χ0n) is 10.5. The zero-order valence-corrected chi connectivity index (χ0v) is 11.2. The largest absolute Gasteiger partial charge is 0.469 e. The molecule has 0 saturated heterocycles. The van der Waals surface area contributed by atoms with Crippen LogP contribution in [0.4, 0.5) is 0 Å². The average Bonchev–Trinajstić information content (AvgIpc) is 2.31. The predicted octanol–water partition coefficient (Wildman–Crippen LogP) is 2.74. The van der Waals surface area contributed by atoms with Crippen molar-refractivity contribution in [3.05, 3.63) is 34.9 Å². The van der Waals surface area contributed by atoms with Gasteiger partial charge in [-0.1, -0.05) is 23.7 Å². The van der Waals surface area contributed by atoms with Gasteiger partial charge in [0.1, 0.15) is 0 Å². The first kappa shape index (κ1) is 13.4. The lowest BCUT2D eigenvalue weighted by molar-refractivity contribution is -0.140. The number of hydrogen-bond donors (Lipinski definition) is 1. The fourth-order valence-electron chi connectivity index (χ4n) is 2.30. The van der Waals surface area contributed by atoms with Crippen LogP contribution in [0.25, 0.3) is 0 Å². The molecule has 1 aliphatic rings. The molecule has 4 heteroatoms. The van der Waals surface area contributed by atoms with E-state index in [-0.39, 0.29) is 5.97 Å². The predicted molar refractivity (Wildman–Crippen MR) is 71.9 cm³/mol. The zero-order chi connectivity index (χ0) is 13.0. The van der Waals surface area contributed by atoms with E-state index in [0.717, 1.165) is 17.9 Å². The topological polar surface area (TPSA) is 38.3 Å². The van der Waals surface area contributed by atoms with Crippen LogP contribution in [0.1, 0.15) is 30.7 Å². The minimum Gasteiger partial charge on any atom is -0.469 e. The molecule has 98 valence electrons. The number of ether oxygens (including phenoxy) is 1. The van der Waals surface area contributed by atoms with Crippen molar-refractivity contribution in [3.63, 3.8) is 0 Å². The Labute approximate surface area is 112 Å². The molecule has 3 nitrogen and oxygen atoms in total. The number of carbonyl (C=O) groups is 1. The molecule has 1 aliphatic carbocycles. The number of carbonyl (C=O) groups excluding carboxylic acids is 1. The van der Waals surface area contributed by atoms with Crippen LogP contribution in [0.5, 0.6) is 0 Å². The molecule has 0 unspecified atom stereocenters. The number of methoxy groups -OCH3 is 1. The van der Waals surface area contributed by atoms with Crippen LogP contribution in [0.2, 0.25) is 5.02 Å². The Hall–Kier alpha value is -1.06. The van der Waals surface area contributed by atoms with Gasteiger partial charge in [0.15, 0.2) is 0 Å². The third-order valence-electron chi connectivity index (χ3n) is 3.45. The second-order valence-corrected chi connectivity index (χ2v) is 5.14. The molecule has 1 N–H and O–H groups in total. The molecule has 0 aromatic heterocycles. The Kier molecular flexibility index (Phi) is 4.61. The maximum absolute atomic E-state index is 10.9. The highest BCUT2D eigenvalue weighted by Gasteiger charge is 2.29. The summed E-state index contributed by atoms with van der Waals surface area (Å²) in [5.41, 5.74) is 1.31. The minimum absolute atomic E-state index is 0.159. The molecule has 1 fully saturated rings. The minimum atomic E-state index is -0.159. The van der Waals surface area contributed by atoms with Crippen molar-refractivity contribution in [1.29, 1.82) is 0 Å². The van der Waals surface area contributed by atoms with Crippen LogP contribution in [0, 0.1) is 0 Å². The number of esters is 1. The van der Waals surface area contributed by atoms with Gasteiger partial charge in [-0.2, -0.15) is 0 Å². The molecule has 0 radical (unpaired) electrons. The summed E-state index contributed by atoms with van der Waals surface area (Å²) in [5, 5.41) is 4.17. The first-order chi connectivity index (χ1) is 8.69. The van der Waals surface area contributed by atoms with E-state index in [9.17, 15) is 4.79 Å². The summed E-state index contributed by atoms with van der Waals surface area (Å²) in [5.74, 6) is 0.438. The van der Waals surface area contributed by atoms with E-state index in [1.165, 1.54) is 12.7 Å². The van der Waals surface area contributed by atoms with Crippen molar-refractivity contribution in [2.45, 2.75) is 31.2 Å². The summed E-state index contributed by atoms with van der Waals surface area (Å²) in [4.78, 5) is 10.9. The lowest BCUT2D eigenvalue weighted by Crippen LogP contribution is -2.41. The van der Waals surface area contributed by atoms with Crippen LogP contribution in [0.15, 0.2) is 24.3 Å². The summed E-state index contributed by atoms with van der Waals surface area (Å²) in [7, 11) is 1.42. The van der Waals surface area contributed by atoms with Crippen molar-refractivity contribution < 1.29 is 9.53 Å². The Morgan fingerprint density at radius 1 is 1.50 bits per heavy atom. The van der Waals surface area contributed by atoms with Gasteiger partial charge in [-0.25, -0.2) is 0 Å². The Morgan fingerprint density at radius 3 is 2.94 bits per heavy atom. The fourth-order valence-corrected chi connectivity index (χ4v) is 2.50. The van der Waals surface area contributed by atoms with Crippen molar-refractivity contribution >= 4 is 17.6 Å². The third kappa shape index (κ3) is 3.47. The maximum atomic E-state index is 10.9. The first-order valence-electron chi connectivity index (χ1n) is 6.24. The monoisotopic (exact) mass is 267 g/mol. The van der Waals surface area contributed by atoms with Gasteiger partial charge in [0.2, 0.25) is 0 Å². The summed E-state index contributed by atoms with van der Waals surface area (Å²) in [6, 6.07) is 8.57. The van der Waals surface area contributed by atoms with E-state index >= 15 is 0 Å². The average molecular weight is 268 g/mol. The quantitative estimate of drug-likeness (QED) is 0.834. The van der Waals surface area contributed by atoms with Gasteiger partial charge in [-0.3, -0.25) is 4.79 Å². The first-order valence-corrected chi connectivity index (χ1v) is 6.62. The molecule has 0 amide bonds. The van der Waals surface area contributed by atoms with Gasteiger partial charge in [-0.05, 0) is 36.5 Å². The molecular formula is C14H18ClNO2. The molecule has 1 saturated carbocycles. The number of benzene rings is 1. The molecule has 0 heterocycles. The van der Waals surface area contributed by atoms with Gasteiger partial charge in [-0.15, -0.1) is 0 Å². The summed E-state index contributed by atoms with van der Waals surface area (Å²) in [6.45, 7) is 0.694. The van der Waals surface area contributed by atoms with Crippen molar-refractivity contribution in [1.82, 2.24) is 5.32 Å². The van der Waals surface area contributed by atoms with Gasteiger partial charge in [0, 0.05) is 17.6 Å². The van der Waals surface area contributed by atoms with Crippen LogP contribution in [-0.4, -0.2) is 25.7 Å². The summed E-state index contributed by atoms with van der Waals surface area (Å²) < 4.78 is 4.59. The molecule has 0 aliphatic heterocycles. The van der Waals surface area contributed by atoms with Crippen LogP contribution >= 0.6 is 11.6 Å². The molecule has 18 heavy (non-hydrogen) atoms. The fraction of sp³-hybridized carbons (Fsp3) is 0.500. The summed E-state index contributed by atoms with van der Waals surface area (Å²) in [6.07, 6.45) is 2.66. The van der Waals surface area contributed by atoms with Crippen molar-refractivity contribution in [3.8, 4) is 0 Å². The number of hydrogen-bond acceptors (Lipinski definition) is 3. The van der Waals surface area contributed by atoms with Crippen LogP contribution in [-0.2, 0) is 9.53 Å². The molecule has 1 aromatic rings. The van der Waals surface area contributed by atoms with E-state index in [1.807, 2.05) is 18.2 Å². The van der Waals surface area contributed by atoms with Gasteiger partial charge < -0.3 is 10.1 Å². The van der Waals surface area contributed by atoms with E-state index < -0.39 is 0 Å². The maximum Gasteiger partial charge on any atom is 0.306 e. The number of rotatable bonds is 5. The SMILES string of the molecule is COC(=O)CCNC1CC(c2cccc(Cl)c2)C1. The standard InChI is InChI=1S/C14H18ClNO2/c1-18-14(17)5-6-16-13-8-11(9-13)10-3-2-4-12(15)7-10/h2-4,7,11,13,16H,5-6,8-9H2,1H3. The lowest BCUT2D eigenvalue weighted by Gasteiger charge is -2.36. The van der Waals surface area contributed by atoms with Gasteiger partial charge in [0.05, 0.1) is 13.5 Å². The smallest absolute Gasteiger partial charge is 0.306 e. The van der Waals surface area contributed by atoms with Crippen molar-refractivity contribution in [2.75, 3.05) is 13.7 Å². The highest BCUT2D eigenvalue weighted by Crippen LogP contribution is 2.37. The van der Waals surface area contributed by atoms with E-state index in [1.54, 1.807) is 0 Å². The van der Waals surface area contributed by atoms with Gasteiger partial charge >= 0.3 is 5.97 Å². The molecule has 0 atom stereocenters. The van der Waals surface area contributed by atoms with Crippen molar-refractivity contribution in [2.24, 2.45) is 0 Å². The second kappa shape index (κ2) is 6.21. The Morgan fingerprint density at radius 2 is 2.28 bits per heavy atom. The molecular weight excluding hydrogens is 250 g/mol.